The van der Waals surface area contributed by atoms with Gasteiger partial charge in [-0.05, 0) is 48.0 Å². The highest BCUT2D eigenvalue weighted by Gasteiger charge is 2.24. The largest absolute Gasteiger partial charge is 0.496 e. The Morgan fingerprint density at radius 3 is 2.54 bits per heavy atom. The van der Waals surface area contributed by atoms with Crippen molar-refractivity contribution in [3.63, 3.8) is 0 Å². The number of hydrogen-bond donors (Lipinski definition) is 0. The molecule has 0 aliphatic heterocycles. The second-order valence-corrected chi connectivity index (χ2v) is 8.92. The number of carbonyl (C=O) groups is 2. The molecule has 0 saturated carbocycles. The Morgan fingerprint density at radius 2 is 1.83 bits per heavy atom. The lowest BCUT2D eigenvalue weighted by Gasteiger charge is -2.17. The highest BCUT2D eigenvalue weighted by atomic mass is 35.5. The monoisotopic (exact) mass is 507 g/mol. The third-order valence-electron chi connectivity index (χ3n) is 5.30. The van der Waals surface area contributed by atoms with Crippen molar-refractivity contribution in [3.05, 3.63) is 94.0 Å². The van der Waals surface area contributed by atoms with Crippen molar-refractivity contribution in [2.24, 2.45) is 0 Å². The summed E-state index contributed by atoms with van der Waals surface area (Å²) < 4.78 is 16.8. The molecule has 6 nitrogen and oxygen atoms in total. The first-order chi connectivity index (χ1) is 17.0. The number of rotatable bonds is 9. The van der Waals surface area contributed by atoms with Gasteiger partial charge in [-0.1, -0.05) is 35.9 Å². The van der Waals surface area contributed by atoms with Crippen molar-refractivity contribution < 1.29 is 23.8 Å². The molecule has 0 bridgehead atoms. The van der Waals surface area contributed by atoms with E-state index < -0.39 is 5.97 Å². The van der Waals surface area contributed by atoms with Crippen molar-refractivity contribution in [1.82, 2.24) is 4.98 Å². The van der Waals surface area contributed by atoms with Crippen LogP contribution in [0, 0.1) is 0 Å². The molecule has 0 aliphatic carbocycles. The van der Waals surface area contributed by atoms with Crippen LogP contribution in [0.3, 0.4) is 0 Å². The van der Waals surface area contributed by atoms with Gasteiger partial charge in [0.25, 0.3) is 0 Å². The number of nitrogens with zero attached hydrogens (tertiary/aromatic N) is 1. The summed E-state index contributed by atoms with van der Waals surface area (Å²) in [4.78, 5) is 29.0. The third-order valence-corrected chi connectivity index (χ3v) is 6.60. The molecule has 0 amide bonds. The summed E-state index contributed by atoms with van der Waals surface area (Å²) in [5.74, 6) is 0.956. The maximum absolute atomic E-state index is 12.9. The highest BCUT2D eigenvalue weighted by molar-refractivity contribution is 7.98. The summed E-state index contributed by atoms with van der Waals surface area (Å²) in [6.07, 6.45) is 0.760. The van der Waals surface area contributed by atoms with Crippen LogP contribution in [0.1, 0.15) is 31.8 Å². The fourth-order valence-corrected chi connectivity index (χ4v) is 4.67. The predicted molar refractivity (Wildman–Crippen MR) is 137 cm³/mol. The van der Waals surface area contributed by atoms with Gasteiger partial charge in [0.05, 0.1) is 19.7 Å². The Balaban J connectivity index is 1.76. The predicted octanol–water partition coefficient (Wildman–Crippen LogP) is 6.37. The zero-order valence-electron chi connectivity index (χ0n) is 19.1. The van der Waals surface area contributed by atoms with E-state index in [4.69, 9.17) is 30.8 Å². The quantitative estimate of drug-likeness (QED) is 0.148. The third kappa shape index (κ3) is 5.58. The second kappa shape index (κ2) is 11.3. The zero-order chi connectivity index (χ0) is 24.8. The molecule has 0 fully saturated rings. The van der Waals surface area contributed by atoms with Gasteiger partial charge in [0.2, 0.25) is 0 Å². The molecular formula is C27H22ClNO5S. The fourth-order valence-electron chi connectivity index (χ4n) is 3.56. The van der Waals surface area contributed by atoms with E-state index in [0.717, 1.165) is 11.8 Å². The van der Waals surface area contributed by atoms with Crippen LogP contribution in [0.4, 0.5) is 0 Å². The van der Waals surface area contributed by atoms with Crippen LogP contribution in [0.5, 0.6) is 11.5 Å². The van der Waals surface area contributed by atoms with Crippen LogP contribution in [-0.4, -0.2) is 31.5 Å². The molecule has 1 aromatic heterocycles. The van der Waals surface area contributed by atoms with Gasteiger partial charge in [-0.15, -0.1) is 11.8 Å². The van der Waals surface area contributed by atoms with Crippen LogP contribution < -0.4 is 9.47 Å². The van der Waals surface area contributed by atoms with Gasteiger partial charge in [0.15, 0.2) is 0 Å². The number of hydrogen-bond acceptors (Lipinski definition) is 7. The first kappa shape index (κ1) is 24.6. The van der Waals surface area contributed by atoms with E-state index in [1.54, 1.807) is 25.3 Å². The molecule has 4 rings (SSSR count). The summed E-state index contributed by atoms with van der Waals surface area (Å²) in [7, 11) is 2.87. The number of para-hydroxylation sites is 1. The molecule has 4 aromatic rings. The molecule has 0 radical (unpaired) electrons. The fraction of sp³-hybridized carbons (Fsp3) is 0.148. The maximum Gasteiger partial charge on any atom is 0.344 e. The molecule has 8 heteroatoms. The molecule has 3 aromatic carbocycles. The van der Waals surface area contributed by atoms with Gasteiger partial charge in [0, 0.05) is 27.3 Å². The number of pyridine rings is 1. The molecule has 1 heterocycles. The lowest BCUT2D eigenvalue weighted by molar-refractivity contribution is 0.0590. The molecule has 0 aliphatic rings. The van der Waals surface area contributed by atoms with Crippen molar-refractivity contribution in [2.75, 3.05) is 14.2 Å². The number of methoxy groups -OCH3 is 2. The Kier molecular flexibility index (Phi) is 7.90. The van der Waals surface area contributed by atoms with Gasteiger partial charge in [-0.25, -0.2) is 9.78 Å². The molecule has 35 heavy (non-hydrogen) atoms. The summed E-state index contributed by atoms with van der Waals surface area (Å²) in [6, 6.07) is 20.0. The first-order valence-electron chi connectivity index (χ1n) is 10.7. The lowest BCUT2D eigenvalue weighted by Crippen LogP contribution is -2.10. The number of fused-ring (bicyclic) bond motifs is 1. The van der Waals surface area contributed by atoms with Crippen molar-refractivity contribution in [2.45, 2.75) is 17.4 Å². The van der Waals surface area contributed by atoms with E-state index in [9.17, 15) is 9.59 Å². The minimum Gasteiger partial charge on any atom is -0.496 e. The number of carbonyl (C=O) groups excluding carboxylic acids is 2. The number of halogens is 1. The van der Waals surface area contributed by atoms with Gasteiger partial charge in [0.1, 0.15) is 35.0 Å². The van der Waals surface area contributed by atoms with E-state index in [-0.39, 0.29) is 12.2 Å². The van der Waals surface area contributed by atoms with Crippen LogP contribution in [0.15, 0.2) is 71.8 Å². The van der Waals surface area contributed by atoms with Crippen LogP contribution in [0.25, 0.3) is 10.9 Å². The van der Waals surface area contributed by atoms with Crippen molar-refractivity contribution >= 4 is 46.5 Å². The number of aromatic nitrogens is 1. The summed E-state index contributed by atoms with van der Waals surface area (Å²) in [6.45, 7) is 0.0736. The number of esters is 1. The Labute approximate surface area is 212 Å². The molecule has 178 valence electrons. The number of ether oxygens (including phenoxy) is 3. The minimum atomic E-state index is -0.550. The number of benzene rings is 3. The first-order valence-corrected chi connectivity index (χ1v) is 12.0. The van der Waals surface area contributed by atoms with Gasteiger partial charge < -0.3 is 14.2 Å². The number of thioether (sulfide) groups is 1. The van der Waals surface area contributed by atoms with Gasteiger partial charge >= 0.3 is 5.97 Å². The molecule has 0 N–H and O–H groups in total. The molecular weight excluding hydrogens is 486 g/mol. The molecule has 0 atom stereocenters. The average Bonchev–Trinajstić information content (AvgIpc) is 2.90. The van der Waals surface area contributed by atoms with E-state index in [1.165, 1.54) is 18.9 Å². The topological polar surface area (TPSA) is 74.7 Å². The Bertz CT molecular complexity index is 1370. The van der Waals surface area contributed by atoms with Crippen molar-refractivity contribution in [3.8, 4) is 11.5 Å². The molecule has 0 unspecified atom stereocenters. The standard InChI is InChI=1S/C27H22ClNO5S/c1-32-23-12-9-18(14-30)13-19(23)15-34-25-21-5-3-4-6-22(21)29-26(24(25)27(31)33-2)35-16-17-7-10-20(28)11-8-17/h3-14H,15-16H2,1-2H3. The molecule has 0 spiro atoms. The number of aldehydes is 1. The smallest absolute Gasteiger partial charge is 0.344 e. The van der Waals surface area contributed by atoms with E-state index >= 15 is 0 Å². The van der Waals surface area contributed by atoms with E-state index in [2.05, 4.69) is 0 Å². The SMILES string of the molecule is COC(=O)c1c(SCc2ccc(Cl)cc2)nc2ccccc2c1OCc1cc(C=O)ccc1OC. The Hall–Kier alpha value is -3.55. The van der Waals surface area contributed by atoms with E-state index in [1.807, 2.05) is 48.5 Å². The maximum atomic E-state index is 12.9. The second-order valence-electron chi connectivity index (χ2n) is 7.52. The van der Waals surface area contributed by atoms with E-state index in [0.29, 0.717) is 49.3 Å². The highest BCUT2D eigenvalue weighted by Crippen LogP contribution is 2.38. The normalized spacial score (nSPS) is 10.7. The average molecular weight is 508 g/mol. The lowest BCUT2D eigenvalue weighted by atomic mass is 10.1. The van der Waals surface area contributed by atoms with Crippen LogP contribution in [0.2, 0.25) is 5.02 Å². The van der Waals surface area contributed by atoms with Gasteiger partial charge in [-0.3, -0.25) is 4.79 Å². The summed E-state index contributed by atoms with van der Waals surface area (Å²) in [5.41, 5.74) is 3.13. The minimum absolute atomic E-state index is 0.0736. The van der Waals surface area contributed by atoms with Gasteiger partial charge in [-0.2, -0.15) is 0 Å². The van der Waals surface area contributed by atoms with Crippen LogP contribution >= 0.6 is 23.4 Å². The molecule has 0 saturated heterocycles. The Morgan fingerprint density at radius 1 is 1.06 bits per heavy atom. The zero-order valence-corrected chi connectivity index (χ0v) is 20.7. The van der Waals surface area contributed by atoms with Crippen molar-refractivity contribution in [1.29, 1.82) is 0 Å². The van der Waals surface area contributed by atoms with Crippen LogP contribution in [-0.2, 0) is 17.1 Å². The summed E-state index contributed by atoms with van der Waals surface area (Å²) in [5, 5.41) is 1.82. The summed E-state index contributed by atoms with van der Waals surface area (Å²) >= 11 is 7.41.